The van der Waals surface area contributed by atoms with Gasteiger partial charge >= 0.3 is 0 Å². The third-order valence-electron chi connectivity index (χ3n) is 5.99. The lowest BCUT2D eigenvalue weighted by molar-refractivity contribution is 0.0702. The summed E-state index contributed by atoms with van der Waals surface area (Å²) in [4.78, 5) is 19.9. The van der Waals surface area contributed by atoms with Gasteiger partial charge < -0.3 is 9.64 Å². The molecule has 1 saturated heterocycles. The fourth-order valence-corrected chi connectivity index (χ4v) is 5.62. The number of fused-ring (bicyclic) bond motifs is 2. The molecule has 154 valence electrons. The molecule has 2 atom stereocenters. The Morgan fingerprint density at radius 2 is 1.93 bits per heavy atom. The highest BCUT2D eigenvalue weighted by Crippen LogP contribution is 2.52. The molecule has 2 fully saturated rings. The molecule has 0 unspecified atom stereocenters. The van der Waals surface area contributed by atoms with Gasteiger partial charge in [0.2, 0.25) is 0 Å². The standard InChI is InChI=1S/C23H26Cl2N2O2/c1-22(2)10-16-11-23(3,13-22)14-27(16)21(28)18-8-4-6-15(26-18)12-29-19-9-5-7-17(24)20(19)25/h4-9,16H,10-14H2,1-3H3/t16-,23-/m1/s1. The highest BCUT2D eigenvalue weighted by Gasteiger charge is 2.51. The molecule has 1 saturated carbocycles. The van der Waals surface area contributed by atoms with Gasteiger partial charge in [0.15, 0.2) is 0 Å². The first kappa shape index (κ1) is 20.5. The van der Waals surface area contributed by atoms with E-state index in [-0.39, 0.29) is 23.3 Å². The molecule has 2 bridgehead atoms. The monoisotopic (exact) mass is 432 g/mol. The van der Waals surface area contributed by atoms with Crippen LogP contribution in [0.4, 0.5) is 0 Å². The number of aromatic nitrogens is 1. The zero-order valence-corrected chi connectivity index (χ0v) is 18.6. The molecule has 0 spiro atoms. The van der Waals surface area contributed by atoms with Crippen molar-refractivity contribution >= 4 is 29.1 Å². The molecular formula is C23H26Cl2N2O2. The molecule has 4 nitrogen and oxygen atoms in total. The molecule has 1 aromatic heterocycles. The van der Waals surface area contributed by atoms with Gasteiger partial charge in [-0.2, -0.15) is 0 Å². The van der Waals surface area contributed by atoms with Crippen LogP contribution in [0.25, 0.3) is 0 Å². The molecule has 2 aliphatic rings. The Kier molecular flexibility index (Phi) is 5.28. The van der Waals surface area contributed by atoms with Crippen molar-refractivity contribution in [3.63, 3.8) is 0 Å². The quantitative estimate of drug-likeness (QED) is 0.593. The summed E-state index contributed by atoms with van der Waals surface area (Å²) < 4.78 is 5.77. The number of halogens is 2. The van der Waals surface area contributed by atoms with Crippen LogP contribution >= 0.6 is 23.2 Å². The van der Waals surface area contributed by atoms with E-state index in [9.17, 15) is 4.79 Å². The molecule has 0 N–H and O–H groups in total. The van der Waals surface area contributed by atoms with Crippen molar-refractivity contribution in [2.75, 3.05) is 6.54 Å². The van der Waals surface area contributed by atoms with Gasteiger partial charge in [-0.05, 0) is 54.4 Å². The first-order valence-corrected chi connectivity index (χ1v) is 10.8. The normalized spacial score (nSPS) is 25.1. The number of likely N-dealkylation sites (tertiary alicyclic amines) is 1. The van der Waals surface area contributed by atoms with E-state index in [0.29, 0.717) is 33.2 Å². The molecule has 1 aliphatic carbocycles. The number of amides is 1. The first-order valence-electron chi connectivity index (χ1n) is 10.00. The van der Waals surface area contributed by atoms with Gasteiger partial charge in [-0.1, -0.05) is 56.1 Å². The summed E-state index contributed by atoms with van der Waals surface area (Å²) in [6.07, 6.45) is 3.28. The fourth-order valence-electron chi connectivity index (χ4n) is 5.27. The van der Waals surface area contributed by atoms with Gasteiger partial charge in [-0.15, -0.1) is 0 Å². The van der Waals surface area contributed by atoms with E-state index in [0.717, 1.165) is 25.8 Å². The summed E-state index contributed by atoms with van der Waals surface area (Å²) >= 11 is 12.2. The van der Waals surface area contributed by atoms with Crippen molar-refractivity contribution in [3.05, 3.63) is 57.8 Å². The van der Waals surface area contributed by atoms with Crippen LogP contribution in [0, 0.1) is 10.8 Å². The number of hydrogen-bond donors (Lipinski definition) is 0. The summed E-state index contributed by atoms with van der Waals surface area (Å²) in [6.45, 7) is 7.95. The topological polar surface area (TPSA) is 42.4 Å². The number of ether oxygens (including phenoxy) is 1. The maximum atomic E-state index is 13.3. The van der Waals surface area contributed by atoms with Crippen LogP contribution in [0.5, 0.6) is 5.75 Å². The molecule has 0 radical (unpaired) electrons. The van der Waals surface area contributed by atoms with E-state index in [1.54, 1.807) is 24.3 Å². The Labute approximate surface area is 182 Å². The molecule has 2 heterocycles. The van der Waals surface area contributed by atoms with E-state index < -0.39 is 0 Å². The van der Waals surface area contributed by atoms with E-state index in [1.807, 2.05) is 17.0 Å². The number of rotatable bonds is 4. The van der Waals surface area contributed by atoms with Crippen LogP contribution in [0.15, 0.2) is 36.4 Å². The third kappa shape index (κ3) is 4.24. The molecular weight excluding hydrogens is 407 g/mol. The van der Waals surface area contributed by atoms with Crippen LogP contribution in [-0.4, -0.2) is 28.4 Å². The summed E-state index contributed by atoms with van der Waals surface area (Å²) in [5, 5.41) is 0.819. The van der Waals surface area contributed by atoms with Gasteiger partial charge in [-0.25, -0.2) is 4.98 Å². The van der Waals surface area contributed by atoms with E-state index in [1.165, 1.54) is 0 Å². The number of pyridine rings is 1. The second-order valence-corrected chi connectivity index (χ2v) is 10.3. The molecule has 1 aromatic carbocycles. The van der Waals surface area contributed by atoms with Gasteiger partial charge in [-0.3, -0.25) is 4.79 Å². The van der Waals surface area contributed by atoms with Crippen molar-refractivity contribution in [1.29, 1.82) is 0 Å². The Morgan fingerprint density at radius 3 is 2.72 bits per heavy atom. The lowest BCUT2D eigenvalue weighted by Gasteiger charge is -2.39. The Morgan fingerprint density at radius 1 is 1.17 bits per heavy atom. The Bertz CT molecular complexity index is 946. The minimum absolute atomic E-state index is 0.0130. The minimum atomic E-state index is 0.0130. The number of benzene rings is 1. The maximum absolute atomic E-state index is 13.3. The molecule has 1 amide bonds. The number of carbonyl (C=O) groups is 1. The van der Waals surface area contributed by atoms with Crippen molar-refractivity contribution in [2.45, 2.75) is 52.7 Å². The largest absolute Gasteiger partial charge is 0.486 e. The average molecular weight is 433 g/mol. The third-order valence-corrected chi connectivity index (χ3v) is 6.79. The first-order chi connectivity index (χ1) is 13.7. The van der Waals surface area contributed by atoms with Crippen molar-refractivity contribution < 1.29 is 9.53 Å². The minimum Gasteiger partial charge on any atom is -0.486 e. The van der Waals surface area contributed by atoms with Gasteiger partial charge in [0.05, 0.1) is 10.7 Å². The van der Waals surface area contributed by atoms with Gasteiger partial charge in [0.25, 0.3) is 5.91 Å². The van der Waals surface area contributed by atoms with Crippen molar-refractivity contribution in [3.8, 4) is 5.75 Å². The second kappa shape index (κ2) is 7.48. The maximum Gasteiger partial charge on any atom is 0.272 e. The molecule has 2 aromatic rings. The Balaban J connectivity index is 1.49. The van der Waals surface area contributed by atoms with E-state index in [2.05, 4.69) is 25.8 Å². The summed E-state index contributed by atoms with van der Waals surface area (Å²) in [5.74, 6) is 0.514. The highest BCUT2D eigenvalue weighted by atomic mass is 35.5. The SMILES string of the molecule is CC1(C)C[C@@H]2C[C@@](C)(CN2C(=O)c2cccc(COc3cccc(Cl)c3Cl)n2)C1. The Hall–Kier alpha value is -1.78. The molecule has 6 heteroatoms. The van der Waals surface area contributed by atoms with Crippen molar-refractivity contribution in [1.82, 2.24) is 9.88 Å². The smallest absolute Gasteiger partial charge is 0.272 e. The highest BCUT2D eigenvalue weighted by molar-refractivity contribution is 6.42. The van der Waals surface area contributed by atoms with Gasteiger partial charge in [0.1, 0.15) is 23.1 Å². The average Bonchev–Trinajstić information content (AvgIpc) is 2.91. The van der Waals surface area contributed by atoms with E-state index in [4.69, 9.17) is 27.9 Å². The second-order valence-electron chi connectivity index (χ2n) is 9.50. The van der Waals surface area contributed by atoms with E-state index >= 15 is 0 Å². The van der Waals surface area contributed by atoms with Crippen LogP contribution in [0.1, 0.15) is 56.2 Å². The van der Waals surface area contributed by atoms with Crippen molar-refractivity contribution in [2.24, 2.45) is 10.8 Å². The number of carbonyl (C=O) groups excluding carboxylic acids is 1. The lowest BCUT2D eigenvalue weighted by atomic mass is 9.65. The predicted molar refractivity (Wildman–Crippen MR) is 116 cm³/mol. The lowest BCUT2D eigenvalue weighted by Crippen LogP contribution is -2.38. The van der Waals surface area contributed by atoms with Crippen LogP contribution in [0.2, 0.25) is 10.0 Å². The molecule has 1 aliphatic heterocycles. The molecule has 29 heavy (non-hydrogen) atoms. The number of nitrogens with zero attached hydrogens (tertiary/aromatic N) is 2. The summed E-state index contributed by atoms with van der Waals surface area (Å²) in [6, 6.07) is 11.0. The summed E-state index contributed by atoms with van der Waals surface area (Å²) in [7, 11) is 0. The van der Waals surface area contributed by atoms with Crippen LogP contribution < -0.4 is 4.74 Å². The van der Waals surface area contributed by atoms with Crippen LogP contribution in [-0.2, 0) is 6.61 Å². The van der Waals surface area contributed by atoms with Crippen LogP contribution in [0.3, 0.4) is 0 Å². The predicted octanol–water partition coefficient (Wildman–Crippen LogP) is 6.01. The zero-order valence-electron chi connectivity index (χ0n) is 17.0. The zero-order chi connectivity index (χ0) is 20.8. The van der Waals surface area contributed by atoms with Gasteiger partial charge in [0, 0.05) is 12.6 Å². The number of hydrogen-bond acceptors (Lipinski definition) is 3. The molecule has 4 rings (SSSR count). The summed E-state index contributed by atoms with van der Waals surface area (Å²) in [5.41, 5.74) is 1.62. The fraction of sp³-hybridized carbons (Fsp3) is 0.478.